The number of benzene rings is 2. The van der Waals surface area contributed by atoms with Crippen LogP contribution in [0.3, 0.4) is 0 Å². The Bertz CT molecular complexity index is 1160. The number of hydrogen-bond acceptors (Lipinski definition) is 2. The normalized spacial score (nSPS) is 18.5. The second-order valence-electron chi connectivity index (χ2n) is 10.8. The number of unbranched alkanes of at least 4 members (excludes halogenated alkanes) is 7. The number of hydrogen-bond donors (Lipinski definition) is 0. The zero-order chi connectivity index (χ0) is 24.6. The van der Waals surface area contributed by atoms with Gasteiger partial charge < -0.3 is 4.42 Å². The monoisotopic (exact) mass is 494 g/mol. The smallest absolute Gasteiger partial charge is 0.198 e. The highest BCUT2D eigenvalue weighted by Crippen LogP contribution is 2.40. The Balaban J connectivity index is 1.48. The molecule has 0 bridgehead atoms. The van der Waals surface area contributed by atoms with Crippen LogP contribution in [-0.2, 0) is 6.42 Å². The minimum Gasteiger partial charge on any atom is -0.441 e. The van der Waals surface area contributed by atoms with E-state index >= 15 is 4.39 Å². The van der Waals surface area contributed by atoms with Crippen molar-refractivity contribution in [1.29, 1.82) is 0 Å². The molecule has 1 aliphatic carbocycles. The van der Waals surface area contributed by atoms with E-state index in [0.29, 0.717) is 16.2 Å². The number of rotatable bonds is 12. The van der Waals surface area contributed by atoms with Gasteiger partial charge >= 0.3 is 0 Å². The molecule has 0 saturated heterocycles. The Morgan fingerprint density at radius 1 is 0.800 bits per heavy atom. The zero-order valence-electron chi connectivity index (χ0n) is 21.8. The Labute approximate surface area is 216 Å². The fourth-order valence-electron chi connectivity index (χ4n) is 6.03. The third-order valence-electron chi connectivity index (χ3n) is 8.26. The summed E-state index contributed by atoms with van der Waals surface area (Å²) >= 11 is 5.64. The van der Waals surface area contributed by atoms with Crippen LogP contribution in [0.4, 0.5) is 4.39 Å². The van der Waals surface area contributed by atoms with E-state index in [1.807, 2.05) is 12.1 Å². The highest BCUT2D eigenvalue weighted by molar-refractivity contribution is 7.71. The van der Waals surface area contributed by atoms with Crippen molar-refractivity contribution in [3.63, 3.8) is 0 Å². The van der Waals surface area contributed by atoms with Gasteiger partial charge in [-0.25, -0.2) is 4.39 Å². The van der Waals surface area contributed by atoms with Gasteiger partial charge in [0.1, 0.15) is 0 Å². The SMILES string of the molecule is CCCCCCCc1ccc2c(oc(=S)c3cc(C4CCC(CCCCCC)CC4)ccc32)c1F. The molecule has 0 unspecified atom stereocenters. The minimum absolute atomic E-state index is 0.229. The first kappa shape index (κ1) is 26.3. The predicted octanol–water partition coefficient (Wildman–Crippen LogP) is 11.2. The lowest BCUT2D eigenvalue weighted by Gasteiger charge is -2.29. The second kappa shape index (κ2) is 13.0. The molecular weight excluding hydrogens is 451 g/mol. The summed E-state index contributed by atoms with van der Waals surface area (Å²) in [5.74, 6) is 1.27. The lowest BCUT2D eigenvalue weighted by atomic mass is 9.77. The quantitative estimate of drug-likeness (QED) is 0.141. The minimum atomic E-state index is -0.229. The average Bonchev–Trinajstić information content (AvgIpc) is 2.88. The van der Waals surface area contributed by atoms with Gasteiger partial charge in [0.2, 0.25) is 0 Å². The van der Waals surface area contributed by atoms with Crippen LogP contribution in [0.1, 0.15) is 121 Å². The molecule has 4 rings (SSSR count). The van der Waals surface area contributed by atoms with E-state index in [0.717, 1.165) is 46.9 Å². The molecule has 1 aliphatic rings. The van der Waals surface area contributed by atoms with Gasteiger partial charge in [-0.15, -0.1) is 0 Å². The molecule has 0 atom stereocenters. The van der Waals surface area contributed by atoms with Crippen molar-refractivity contribution in [3.8, 4) is 0 Å². The topological polar surface area (TPSA) is 13.1 Å². The number of aryl methyl sites for hydroxylation is 1. The first-order valence-electron chi connectivity index (χ1n) is 14.3. The maximum Gasteiger partial charge on any atom is 0.198 e. The largest absolute Gasteiger partial charge is 0.441 e. The van der Waals surface area contributed by atoms with Crippen molar-refractivity contribution in [2.45, 2.75) is 116 Å². The lowest BCUT2D eigenvalue weighted by molar-refractivity contribution is 0.302. The van der Waals surface area contributed by atoms with Crippen LogP contribution < -0.4 is 0 Å². The summed E-state index contributed by atoms with van der Waals surface area (Å²) in [6.45, 7) is 4.49. The molecule has 0 amide bonds. The third-order valence-corrected chi connectivity index (χ3v) is 8.56. The maximum atomic E-state index is 15.4. The van der Waals surface area contributed by atoms with Gasteiger partial charge in [-0.1, -0.05) is 95.9 Å². The number of halogens is 1. The molecule has 3 aromatic rings. The Hall–Kier alpha value is -1.74. The van der Waals surface area contributed by atoms with Gasteiger partial charge in [-0.2, -0.15) is 0 Å². The van der Waals surface area contributed by atoms with Gasteiger partial charge in [0, 0.05) is 10.8 Å². The summed E-state index contributed by atoms with van der Waals surface area (Å²) in [5, 5.41) is 2.81. The summed E-state index contributed by atoms with van der Waals surface area (Å²) in [5.41, 5.74) is 2.44. The maximum absolute atomic E-state index is 15.4. The fourth-order valence-corrected chi connectivity index (χ4v) is 6.28. The molecule has 35 heavy (non-hydrogen) atoms. The Morgan fingerprint density at radius 3 is 2.23 bits per heavy atom. The molecule has 1 aromatic heterocycles. The van der Waals surface area contributed by atoms with Gasteiger partial charge in [-0.3, -0.25) is 0 Å². The molecule has 1 saturated carbocycles. The molecule has 0 spiro atoms. The summed E-state index contributed by atoms with van der Waals surface area (Å²) < 4.78 is 21.7. The van der Waals surface area contributed by atoms with Crippen LogP contribution in [0.5, 0.6) is 0 Å². The van der Waals surface area contributed by atoms with Gasteiger partial charge in [0.25, 0.3) is 0 Å². The summed E-state index contributed by atoms with van der Waals surface area (Å²) in [7, 11) is 0. The molecule has 1 heterocycles. The highest BCUT2D eigenvalue weighted by Gasteiger charge is 2.23. The molecule has 1 fully saturated rings. The van der Waals surface area contributed by atoms with E-state index in [4.69, 9.17) is 16.6 Å². The molecule has 2 aromatic carbocycles. The molecule has 0 N–H and O–H groups in total. The van der Waals surface area contributed by atoms with Gasteiger partial charge in [0.15, 0.2) is 16.1 Å². The van der Waals surface area contributed by atoms with E-state index in [9.17, 15) is 0 Å². The van der Waals surface area contributed by atoms with Crippen molar-refractivity contribution >= 4 is 34.0 Å². The molecule has 190 valence electrons. The first-order chi connectivity index (χ1) is 17.1. The standard InChI is InChI=1S/C32H43FOS/c1-3-5-7-9-11-13-25-18-21-28-27-20-19-26(22-29(27)32(35)34-31(28)30(25)33)24-16-14-23(15-17-24)12-10-8-6-4-2/h18-24H,3-17H2,1-2H3. The van der Waals surface area contributed by atoms with Crippen LogP contribution in [0, 0.1) is 16.4 Å². The third kappa shape index (κ3) is 6.53. The van der Waals surface area contributed by atoms with Gasteiger partial charge in [-0.05, 0) is 85.2 Å². The van der Waals surface area contributed by atoms with Crippen LogP contribution in [0.25, 0.3) is 21.7 Å². The predicted molar refractivity (Wildman–Crippen MR) is 150 cm³/mol. The van der Waals surface area contributed by atoms with Crippen molar-refractivity contribution in [1.82, 2.24) is 0 Å². The molecular formula is C32H43FOS. The second-order valence-corrected chi connectivity index (χ2v) is 11.2. The Kier molecular flexibility index (Phi) is 9.77. The summed E-state index contributed by atoms with van der Waals surface area (Å²) in [4.78, 5) is 0. The van der Waals surface area contributed by atoms with Crippen LogP contribution in [0.2, 0.25) is 0 Å². The van der Waals surface area contributed by atoms with Crippen molar-refractivity contribution in [2.75, 3.05) is 0 Å². The molecule has 1 nitrogen and oxygen atoms in total. The van der Waals surface area contributed by atoms with Crippen molar-refractivity contribution < 1.29 is 8.81 Å². The summed E-state index contributed by atoms with van der Waals surface area (Å²) in [6.07, 6.45) is 18.7. The van der Waals surface area contributed by atoms with E-state index < -0.39 is 0 Å². The van der Waals surface area contributed by atoms with Crippen LogP contribution in [-0.4, -0.2) is 0 Å². The highest BCUT2D eigenvalue weighted by atomic mass is 32.1. The van der Waals surface area contributed by atoms with E-state index in [1.165, 1.54) is 82.6 Å². The fraction of sp³-hybridized carbons (Fsp3) is 0.594. The van der Waals surface area contributed by atoms with Crippen molar-refractivity contribution in [2.24, 2.45) is 5.92 Å². The molecule has 3 heteroatoms. The zero-order valence-corrected chi connectivity index (χ0v) is 22.7. The van der Waals surface area contributed by atoms with E-state index in [-0.39, 0.29) is 5.82 Å². The molecule has 0 radical (unpaired) electrons. The molecule has 0 aliphatic heterocycles. The average molecular weight is 495 g/mol. The van der Waals surface area contributed by atoms with E-state index in [1.54, 1.807) is 0 Å². The van der Waals surface area contributed by atoms with Crippen LogP contribution in [0.15, 0.2) is 34.7 Å². The van der Waals surface area contributed by atoms with Crippen LogP contribution >= 0.6 is 12.2 Å². The Morgan fingerprint density at radius 2 is 1.49 bits per heavy atom. The summed E-state index contributed by atoms with van der Waals surface area (Å²) in [6, 6.07) is 10.6. The van der Waals surface area contributed by atoms with Gasteiger partial charge in [0.05, 0.1) is 0 Å². The lowest BCUT2D eigenvalue weighted by Crippen LogP contribution is -2.13. The first-order valence-corrected chi connectivity index (χ1v) is 14.7. The number of fused-ring (bicyclic) bond motifs is 3. The van der Waals surface area contributed by atoms with Crippen molar-refractivity contribution in [3.05, 3.63) is 52.0 Å². The van der Waals surface area contributed by atoms with E-state index in [2.05, 4.69) is 32.0 Å².